The van der Waals surface area contributed by atoms with Crippen molar-refractivity contribution in [2.75, 3.05) is 0 Å². The van der Waals surface area contributed by atoms with Crippen LogP contribution in [0, 0.1) is 11.8 Å². The molecule has 0 saturated heterocycles. The summed E-state index contributed by atoms with van der Waals surface area (Å²) < 4.78 is 0. The van der Waals surface area contributed by atoms with Crippen molar-refractivity contribution in [1.29, 1.82) is 0 Å². The lowest BCUT2D eigenvalue weighted by Gasteiger charge is -2.23. The van der Waals surface area contributed by atoms with Crippen molar-refractivity contribution in [3.63, 3.8) is 0 Å². The van der Waals surface area contributed by atoms with Gasteiger partial charge in [-0.1, -0.05) is 32.1 Å². The van der Waals surface area contributed by atoms with Crippen LogP contribution in [0.4, 0.5) is 0 Å². The van der Waals surface area contributed by atoms with Gasteiger partial charge in [-0.15, -0.1) is 0 Å². The van der Waals surface area contributed by atoms with E-state index in [0.717, 1.165) is 19.1 Å². The highest BCUT2D eigenvalue weighted by atomic mass is 16.4. The van der Waals surface area contributed by atoms with Crippen molar-refractivity contribution in [3.8, 4) is 0 Å². The normalized spacial score (nSPS) is 20.3. The first-order valence-corrected chi connectivity index (χ1v) is 5.40. The van der Waals surface area contributed by atoms with E-state index >= 15 is 0 Å². The number of carbonyl (C=O) groups excluding carboxylic acids is 1. The predicted octanol–water partition coefficient (Wildman–Crippen LogP) is 2.25. The molecule has 1 atom stereocenters. The monoisotopic (exact) mass is 198 g/mol. The average molecular weight is 198 g/mol. The smallest absolute Gasteiger partial charge is 0.306 e. The average Bonchev–Trinajstić information content (AvgIpc) is 2.18. The number of hydrogen-bond donors (Lipinski definition) is 1. The summed E-state index contributed by atoms with van der Waals surface area (Å²) in [5.41, 5.74) is 0. The second-order valence-electron chi connectivity index (χ2n) is 4.18. The Labute approximate surface area is 84.5 Å². The maximum Gasteiger partial charge on any atom is 0.306 e. The molecule has 1 rings (SSSR count). The number of hydrogen-bond acceptors (Lipinski definition) is 2. The van der Waals surface area contributed by atoms with Crippen molar-refractivity contribution >= 4 is 12.3 Å². The summed E-state index contributed by atoms with van der Waals surface area (Å²) in [4.78, 5) is 21.1. The second kappa shape index (κ2) is 5.78. The minimum atomic E-state index is -0.817. The Morgan fingerprint density at radius 3 is 2.50 bits per heavy atom. The zero-order chi connectivity index (χ0) is 10.4. The quantitative estimate of drug-likeness (QED) is 0.689. The van der Waals surface area contributed by atoms with Crippen LogP contribution in [0.25, 0.3) is 0 Å². The van der Waals surface area contributed by atoms with Gasteiger partial charge in [0.15, 0.2) is 0 Å². The van der Waals surface area contributed by atoms with Crippen LogP contribution in [-0.2, 0) is 9.59 Å². The van der Waals surface area contributed by atoms with E-state index in [2.05, 4.69) is 0 Å². The lowest BCUT2D eigenvalue weighted by molar-refractivity contribution is -0.143. The van der Waals surface area contributed by atoms with Gasteiger partial charge in [0.1, 0.15) is 6.29 Å². The van der Waals surface area contributed by atoms with E-state index in [4.69, 9.17) is 5.11 Å². The molecular formula is C11H18O3. The summed E-state index contributed by atoms with van der Waals surface area (Å²) in [5, 5.41) is 8.88. The molecule has 0 spiro atoms. The number of carbonyl (C=O) groups is 2. The lowest BCUT2D eigenvalue weighted by atomic mass is 9.82. The Balaban J connectivity index is 2.36. The van der Waals surface area contributed by atoms with Crippen LogP contribution in [0.5, 0.6) is 0 Å². The van der Waals surface area contributed by atoms with Crippen molar-refractivity contribution in [2.24, 2.45) is 11.8 Å². The van der Waals surface area contributed by atoms with Gasteiger partial charge in [0.05, 0.1) is 5.92 Å². The zero-order valence-electron chi connectivity index (χ0n) is 8.45. The first kappa shape index (κ1) is 11.2. The van der Waals surface area contributed by atoms with E-state index in [1.807, 2.05) is 0 Å². The molecule has 0 bridgehead atoms. The molecule has 3 nitrogen and oxygen atoms in total. The molecule has 1 unspecified atom stereocenters. The van der Waals surface area contributed by atoms with Crippen LogP contribution in [-0.4, -0.2) is 17.4 Å². The maximum atomic E-state index is 10.8. The largest absolute Gasteiger partial charge is 0.481 e. The highest BCUT2D eigenvalue weighted by Gasteiger charge is 2.23. The molecule has 0 amide bonds. The summed E-state index contributed by atoms with van der Waals surface area (Å²) in [6, 6.07) is 0. The minimum absolute atomic E-state index is 0.172. The Morgan fingerprint density at radius 1 is 1.36 bits per heavy atom. The molecule has 0 aromatic heterocycles. The molecule has 14 heavy (non-hydrogen) atoms. The summed E-state index contributed by atoms with van der Waals surface area (Å²) in [6.45, 7) is 0. The topological polar surface area (TPSA) is 54.4 Å². The Kier molecular flexibility index (Phi) is 4.63. The van der Waals surface area contributed by atoms with Gasteiger partial charge in [-0.3, -0.25) is 4.79 Å². The number of carboxylic acids is 1. The highest BCUT2D eigenvalue weighted by molar-refractivity contribution is 5.73. The van der Waals surface area contributed by atoms with Gasteiger partial charge in [-0.25, -0.2) is 0 Å². The fourth-order valence-electron chi connectivity index (χ4n) is 2.24. The van der Waals surface area contributed by atoms with E-state index in [1.165, 1.54) is 19.3 Å². The van der Waals surface area contributed by atoms with E-state index in [9.17, 15) is 9.59 Å². The third kappa shape index (κ3) is 3.48. The third-order valence-corrected chi connectivity index (χ3v) is 3.07. The number of carboxylic acid groups (broad SMARTS) is 1. The zero-order valence-corrected chi connectivity index (χ0v) is 8.45. The molecule has 0 radical (unpaired) electrons. The molecule has 3 heteroatoms. The van der Waals surface area contributed by atoms with Crippen molar-refractivity contribution in [1.82, 2.24) is 0 Å². The van der Waals surface area contributed by atoms with Gasteiger partial charge in [-0.2, -0.15) is 0 Å². The van der Waals surface area contributed by atoms with E-state index in [1.54, 1.807) is 0 Å². The van der Waals surface area contributed by atoms with Crippen molar-refractivity contribution in [3.05, 3.63) is 0 Å². The second-order valence-corrected chi connectivity index (χ2v) is 4.18. The van der Waals surface area contributed by atoms with Crippen LogP contribution in [0.2, 0.25) is 0 Å². The predicted molar refractivity (Wildman–Crippen MR) is 53.0 cm³/mol. The minimum Gasteiger partial charge on any atom is -0.481 e. The number of aliphatic carboxylic acids is 1. The standard InChI is InChI=1S/C11H18O3/c12-7-6-10(11(13)14)8-9-4-2-1-3-5-9/h7,9-10H,1-6,8H2,(H,13,14). The Morgan fingerprint density at radius 2 is 2.00 bits per heavy atom. The van der Waals surface area contributed by atoms with Crippen LogP contribution >= 0.6 is 0 Å². The molecule has 1 fully saturated rings. The van der Waals surface area contributed by atoms with Crippen LogP contribution in [0.1, 0.15) is 44.9 Å². The van der Waals surface area contributed by atoms with Crippen LogP contribution in [0.15, 0.2) is 0 Å². The van der Waals surface area contributed by atoms with Gasteiger partial charge in [-0.05, 0) is 12.3 Å². The first-order chi connectivity index (χ1) is 6.74. The molecule has 0 aromatic carbocycles. The van der Waals surface area contributed by atoms with E-state index in [0.29, 0.717) is 12.3 Å². The summed E-state index contributed by atoms with van der Waals surface area (Å²) in [6.07, 6.45) is 7.59. The molecule has 80 valence electrons. The van der Waals surface area contributed by atoms with Crippen LogP contribution < -0.4 is 0 Å². The highest BCUT2D eigenvalue weighted by Crippen LogP contribution is 2.29. The summed E-state index contributed by atoms with van der Waals surface area (Å²) >= 11 is 0. The molecule has 0 aliphatic heterocycles. The van der Waals surface area contributed by atoms with Crippen molar-refractivity contribution in [2.45, 2.75) is 44.9 Å². The van der Waals surface area contributed by atoms with E-state index < -0.39 is 11.9 Å². The number of aldehydes is 1. The number of rotatable bonds is 5. The SMILES string of the molecule is O=CCC(CC1CCCCC1)C(=O)O. The molecule has 0 heterocycles. The van der Waals surface area contributed by atoms with Crippen LogP contribution in [0.3, 0.4) is 0 Å². The first-order valence-electron chi connectivity index (χ1n) is 5.40. The molecular weight excluding hydrogens is 180 g/mol. The summed E-state index contributed by atoms with van der Waals surface area (Å²) in [5.74, 6) is -0.733. The molecule has 1 saturated carbocycles. The Hall–Kier alpha value is -0.860. The fourth-order valence-corrected chi connectivity index (χ4v) is 2.24. The molecule has 1 aliphatic carbocycles. The van der Waals surface area contributed by atoms with Gasteiger partial charge >= 0.3 is 5.97 Å². The molecule has 1 N–H and O–H groups in total. The molecule has 0 aromatic rings. The van der Waals surface area contributed by atoms with Gasteiger partial charge in [0, 0.05) is 6.42 Å². The van der Waals surface area contributed by atoms with Gasteiger partial charge in [0.25, 0.3) is 0 Å². The fraction of sp³-hybridized carbons (Fsp3) is 0.818. The third-order valence-electron chi connectivity index (χ3n) is 3.07. The van der Waals surface area contributed by atoms with Gasteiger partial charge < -0.3 is 9.90 Å². The van der Waals surface area contributed by atoms with E-state index in [-0.39, 0.29) is 6.42 Å². The Bertz CT molecular complexity index is 195. The summed E-state index contributed by atoms with van der Waals surface area (Å²) in [7, 11) is 0. The maximum absolute atomic E-state index is 10.8. The lowest BCUT2D eigenvalue weighted by Crippen LogP contribution is -2.19. The van der Waals surface area contributed by atoms with Gasteiger partial charge in [0.2, 0.25) is 0 Å². The van der Waals surface area contributed by atoms with Crippen molar-refractivity contribution < 1.29 is 14.7 Å². The molecule has 1 aliphatic rings.